The Labute approximate surface area is 191 Å². The molecule has 0 spiro atoms. The first-order valence-corrected chi connectivity index (χ1v) is 10.6. The maximum atomic E-state index is 12.6. The Balaban J connectivity index is 1.32. The Kier molecular flexibility index (Phi) is 5.43. The molecule has 0 radical (unpaired) electrons. The molecule has 33 heavy (non-hydrogen) atoms. The second kappa shape index (κ2) is 8.85. The molecule has 0 saturated heterocycles. The van der Waals surface area contributed by atoms with Gasteiger partial charge >= 0.3 is 0 Å². The SMILES string of the molecule is O=C(Nc1ccc(-c2cc3cc(C(=O)Nc4ccccc4)ccc3[nH]2)cc1)c1ccccc1. The van der Waals surface area contributed by atoms with Crippen LogP contribution in [0.5, 0.6) is 0 Å². The van der Waals surface area contributed by atoms with Crippen LogP contribution in [0.3, 0.4) is 0 Å². The van der Waals surface area contributed by atoms with E-state index in [1.54, 1.807) is 12.1 Å². The maximum Gasteiger partial charge on any atom is 0.255 e. The summed E-state index contributed by atoms with van der Waals surface area (Å²) in [5.41, 5.74) is 5.56. The standard InChI is InChI=1S/C28H21N3O2/c32-27(20-7-3-1-4-8-20)30-24-14-11-19(12-15-24)26-18-22-17-21(13-16-25(22)31-26)28(33)29-23-9-5-2-6-10-23/h1-18,31H,(H,29,33)(H,30,32). The average Bonchev–Trinajstić information content (AvgIpc) is 3.29. The van der Waals surface area contributed by atoms with E-state index >= 15 is 0 Å². The Hall–Kier alpha value is -4.64. The van der Waals surface area contributed by atoms with Crippen molar-refractivity contribution in [3.63, 3.8) is 0 Å². The van der Waals surface area contributed by atoms with Gasteiger partial charge in [0.15, 0.2) is 0 Å². The van der Waals surface area contributed by atoms with Crippen molar-refractivity contribution in [2.24, 2.45) is 0 Å². The molecule has 0 fully saturated rings. The zero-order chi connectivity index (χ0) is 22.6. The van der Waals surface area contributed by atoms with Gasteiger partial charge in [-0.15, -0.1) is 0 Å². The molecule has 3 N–H and O–H groups in total. The second-order valence-corrected chi connectivity index (χ2v) is 7.70. The number of carbonyl (C=O) groups excluding carboxylic acids is 2. The molecule has 4 aromatic carbocycles. The van der Waals surface area contributed by atoms with Gasteiger partial charge in [-0.05, 0) is 66.2 Å². The molecule has 0 unspecified atom stereocenters. The molecule has 0 atom stereocenters. The van der Waals surface area contributed by atoms with E-state index in [1.807, 2.05) is 97.1 Å². The first kappa shape index (κ1) is 20.3. The predicted molar refractivity (Wildman–Crippen MR) is 133 cm³/mol. The number of benzene rings is 4. The van der Waals surface area contributed by atoms with Crippen LogP contribution in [0, 0.1) is 0 Å². The molecule has 0 aliphatic heterocycles. The number of hydrogen-bond donors (Lipinski definition) is 3. The zero-order valence-corrected chi connectivity index (χ0v) is 17.7. The van der Waals surface area contributed by atoms with Crippen molar-refractivity contribution >= 4 is 34.1 Å². The molecule has 0 aliphatic carbocycles. The molecule has 160 valence electrons. The van der Waals surface area contributed by atoms with Crippen molar-refractivity contribution in [3.05, 3.63) is 120 Å². The number of rotatable bonds is 5. The Morgan fingerprint density at radius 3 is 1.88 bits per heavy atom. The van der Waals surface area contributed by atoms with E-state index in [-0.39, 0.29) is 11.8 Å². The molecule has 2 amide bonds. The zero-order valence-electron chi connectivity index (χ0n) is 17.7. The van der Waals surface area contributed by atoms with Crippen LogP contribution >= 0.6 is 0 Å². The van der Waals surface area contributed by atoms with Crippen LogP contribution in [-0.4, -0.2) is 16.8 Å². The molecular weight excluding hydrogens is 410 g/mol. The minimum absolute atomic E-state index is 0.143. The summed E-state index contributed by atoms with van der Waals surface area (Å²) in [5.74, 6) is -0.292. The first-order chi connectivity index (χ1) is 16.2. The molecular formula is C28H21N3O2. The highest BCUT2D eigenvalue weighted by Crippen LogP contribution is 2.26. The van der Waals surface area contributed by atoms with E-state index in [4.69, 9.17) is 0 Å². The molecule has 5 nitrogen and oxygen atoms in total. The van der Waals surface area contributed by atoms with Crippen molar-refractivity contribution in [1.82, 2.24) is 4.98 Å². The predicted octanol–water partition coefficient (Wildman–Crippen LogP) is 6.34. The van der Waals surface area contributed by atoms with Gasteiger partial charge in [-0.3, -0.25) is 9.59 Å². The molecule has 1 aromatic heterocycles. The van der Waals surface area contributed by atoms with Gasteiger partial charge in [-0.2, -0.15) is 0 Å². The number of carbonyl (C=O) groups is 2. The lowest BCUT2D eigenvalue weighted by Crippen LogP contribution is -2.11. The Morgan fingerprint density at radius 2 is 1.18 bits per heavy atom. The Bertz CT molecular complexity index is 1420. The lowest BCUT2D eigenvalue weighted by atomic mass is 10.1. The largest absolute Gasteiger partial charge is 0.355 e. The summed E-state index contributed by atoms with van der Waals surface area (Å²) in [5, 5.41) is 6.77. The number of aromatic nitrogens is 1. The normalized spacial score (nSPS) is 10.7. The fraction of sp³-hybridized carbons (Fsp3) is 0. The summed E-state index contributed by atoms with van der Waals surface area (Å²) >= 11 is 0. The monoisotopic (exact) mass is 431 g/mol. The maximum absolute atomic E-state index is 12.6. The highest BCUT2D eigenvalue weighted by atomic mass is 16.2. The molecule has 0 saturated carbocycles. The van der Waals surface area contributed by atoms with Crippen molar-refractivity contribution < 1.29 is 9.59 Å². The highest BCUT2D eigenvalue weighted by Gasteiger charge is 2.10. The summed E-state index contributed by atoms with van der Waals surface area (Å²) < 4.78 is 0. The summed E-state index contributed by atoms with van der Waals surface area (Å²) in [6.07, 6.45) is 0. The molecule has 1 heterocycles. The summed E-state index contributed by atoms with van der Waals surface area (Å²) in [7, 11) is 0. The Morgan fingerprint density at radius 1 is 0.576 bits per heavy atom. The summed E-state index contributed by atoms with van der Waals surface area (Å²) in [6.45, 7) is 0. The number of aromatic amines is 1. The van der Waals surface area contributed by atoms with E-state index in [9.17, 15) is 9.59 Å². The lowest BCUT2D eigenvalue weighted by Gasteiger charge is -2.06. The third-order valence-electron chi connectivity index (χ3n) is 5.40. The van der Waals surface area contributed by atoms with Crippen molar-refractivity contribution in [2.45, 2.75) is 0 Å². The molecule has 5 aromatic rings. The van der Waals surface area contributed by atoms with Crippen LogP contribution in [0.25, 0.3) is 22.2 Å². The number of nitrogens with one attached hydrogen (secondary N) is 3. The van der Waals surface area contributed by atoms with E-state index in [1.165, 1.54) is 0 Å². The van der Waals surface area contributed by atoms with Crippen molar-refractivity contribution in [1.29, 1.82) is 0 Å². The summed E-state index contributed by atoms with van der Waals surface area (Å²) in [6, 6.07) is 33.8. The van der Waals surface area contributed by atoms with Crippen molar-refractivity contribution in [2.75, 3.05) is 10.6 Å². The molecule has 0 bridgehead atoms. The lowest BCUT2D eigenvalue weighted by molar-refractivity contribution is 0.101. The number of fused-ring (bicyclic) bond motifs is 1. The number of amides is 2. The van der Waals surface area contributed by atoms with Crippen LogP contribution in [0.2, 0.25) is 0 Å². The van der Waals surface area contributed by atoms with E-state index in [2.05, 4.69) is 15.6 Å². The van der Waals surface area contributed by atoms with Gasteiger partial charge in [0.2, 0.25) is 0 Å². The smallest absolute Gasteiger partial charge is 0.255 e. The second-order valence-electron chi connectivity index (χ2n) is 7.70. The van der Waals surface area contributed by atoms with Gasteiger partial charge < -0.3 is 15.6 Å². The average molecular weight is 431 g/mol. The van der Waals surface area contributed by atoms with Crippen LogP contribution in [0.4, 0.5) is 11.4 Å². The highest BCUT2D eigenvalue weighted by molar-refractivity contribution is 6.06. The number of para-hydroxylation sites is 1. The minimum Gasteiger partial charge on any atom is -0.355 e. The summed E-state index contributed by atoms with van der Waals surface area (Å²) in [4.78, 5) is 28.3. The fourth-order valence-electron chi connectivity index (χ4n) is 3.68. The minimum atomic E-state index is -0.149. The van der Waals surface area contributed by atoms with Gasteiger partial charge in [0.05, 0.1) is 0 Å². The van der Waals surface area contributed by atoms with Gasteiger partial charge in [0, 0.05) is 39.1 Å². The molecule has 5 heteroatoms. The van der Waals surface area contributed by atoms with Crippen molar-refractivity contribution in [3.8, 4) is 11.3 Å². The van der Waals surface area contributed by atoms with Crippen LogP contribution in [0.1, 0.15) is 20.7 Å². The third kappa shape index (κ3) is 4.52. The molecule has 5 rings (SSSR count). The van der Waals surface area contributed by atoms with Gasteiger partial charge in [-0.1, -0.05) is 48.5 Å². The topological polar surface area (TPSA) is 74.0 Å². The molecule has 0 aliphatic rings. The first-order valence-electron chi connectivity index (χ1n) is 10.6. The number of hydrogen-bond acceptors (Lipinski definition) is 2. The quantitative estimate of drug-likeness (QED) is 0.304. The van der Waals surface area contributed by atoms with Gasteiger partial charge in [-0.25, -0.2) is 0 Å². The van der Waals surface area contributed by atoms with Gasteiger partial charge in [0.25, 0.3) is 11.8 Å². The third-order valence-corrected chi connectivity index (χ3v) is 5.40. The van der Waals surface area contributed by atoms with Crippen LogP contribution in [-0.2, 0) is 0 Å². The van der Waals surface area contributed by atoms with E-state index in [0.717, 1.165) is 33.5 Å². The van der Waals surface area contributed by atoms with Gasteiger partial charge in [0.1, 0.15) is 0 Å². The van der Waals surface area contributed by atoms with E-state index in [0.29, 0.717) is 11.1 Å². The fourth-order valence-corrected chi connectivity index (χ4v) is 3.68. The number of H-pyrrole nitrogens is 1. The van der Waals surface area contributed by atoms with Crippen LogP contribution < -0.4 is 10.6 Å². The number of anilines is 2. The van der Waals surface area contributed by atoms with Crippen LogP contribution in [0.15, 0.2) is 109 Å². The van der Waals surface area contributed by atoms with E-state index < -0.39 is 0 Å².